The smallest absolute Gasteiger partial charge is 0.331 e. The molecule has 0 fully saturated rings. The molecule has 0 aromatic carbocycles. The summed E-state index contributed by atoms with van der Waals surface area (Å²) in [5, 5.41) is 7.84. The normalized spacial score (nSPS) is 9.55. The molecule has 0 saturated heterocycles. The predicted molar refractivity (Wildman–Crippen MR) is 83.3 cm³/mol. The maximum absolute atomic E-state index is 11.0. The summed E-state index contributed by atoms with van der Waals surface area (Å²) in [5.74, 6) is -1.83. The van der Waals surface area contributed by atoms with E-state index in [-0.39, 0.29) is 6.42 Å². The number of carboxylic acid groups (broad SMARTS) is 1. The molecule has 1 N–H and O–H groups in total. The van der Waals surface area contributed by atoms with Gasteiger partial charge in [-0.15, -0.1) is 6.58 Å². The van der Waals surface area contributed by atoms with Crippen LogP contribution in [-0.4, -0.2) is 36.2 Å². The summed E-state index contributed by atoms with van der Waals surface area (Å²) in [6, 6.07) is 0. The lowest BCUT2D eigenvalue weighted by Gasteiger charge is -2.00. The Balaban J connectivity index is 0. The van der Waals surface area contributed by atoms with Gasteiger partial charge >= 0.3 is 17.9 Å². The van der Waals surface area contributed by atoms with E-state index in [0.717, 1.165) is 37.8 Å². The quantitative estimate of drug-likeness (QED) is 0.288. The average Bonchev–Trinajstić information content (AvgIpc) is 2.46. The predicted octanol–water partition coefficient (Wildman–Crippen LogP) is 2.88. The number of aliphatic carboxylic acids is 1. The van der Waals surface area contributed by atoms with Crippen molar-refractivity contribution >= 4 is 17.9 Å². The van der Waals surface area contributed by atoms with Crippen molar-refractivity contribution in [3.63, 3.8) is 0 Å². The van der Waals surface area contributed by atoms with Gasteiger partial charge in [-0.3, -0.25) is 4.79 Å². The third kappa shape index (κ3) is 20.2. The van der Waals surface area contributed by atoms with Gasteiger partial charge in [-0.2, -0.15) is 0 Å². The van der Waals surface area contributed by atoms with Crippen LogP contribution >= 0.6 is 0 Å². The van der Waals surface area contributed by atoms with Crippen molar-refractivity contribution in [3.05, 3.63) is 24.8 Å². The fraction of sp³-hybridized carbons (Fsp3) is 0.562. The minimum atomic E-state index is -0.829. The highest BCUT2D eigenvalue weighted by molar-refractivity contribution is 5.91. The fourth-order valence-corrected chi connectivity index (χ4v) is 0.990. The molecule has 0 aromatic heterocycles. The maximum Gasteiger partial charge on any atom is 0.331 e. The molecule has 0 spiro atoms. The van der Waals surface area contributed by atoms with E-state index in [1.165, 1.54) is 6.08 Å². The van der Waals surface area contributed by atoms with E-state index in [1.807, 2.05) is 13.8 Å². The summed E-state index contributed by atoms with van der Waals surface area (Å²) in [7, 11) is 0. The van der Waals surface area contributed by atoms with E-state index >= 15 is 0 Å². The molecule has 0 aliphatic rings. The Morgan fingerprint density at radius 3 is 1.59 bits per heavy atom. The Kier molecular flexibility index (Phi) is 17.1. The SMILES string of the molecule is C=CCC(=O)O.CCCCOC(=O)C=CC(=O)OCCCC. The van der Waals surface area contributed by atoms with Gasteiger partial charge in [0.25, 0.3) is 0 Å². The first kappa shape index (κ1) is 22.2. The Bertz CT molecular complexity index is 336. The van der Waals surface area contributed by atoms with Gasteiger partial charge in [-0.05, 0) is 12.8 Å². The van der Waals surface area contributed by atoms with Gasteiger partial charge in [0, 0.05) is 12.2 Å². The van der Waals surface area contributed by atoms with Crippen LogP contribution in [-0.2, 0) is 23.9 Å². The van der Waals surface area contributed by atoms with Gasteiger partial charge in [0.05, 0.1) is 19.6 Å². The summed E-state index contributed by atoms with van der Waals surface area (Å²) in [6.45, 7) is 8.02. The maximum atomic E-state index is 11.0. The second kappa shape index (κ2) is 16.9. The lowest BCUT2D eigenvalue weighted by atomic mass is 10.4. The lowest BCUT2D eigenvalue weighted by Crippen LogP contribution is -2.05. The number of unbranched alkanes of at least 4 members (excludes halogenated alkanes) is 2. The van der Waals surface area contributed by atoms with Crippen LogP contribution in [0, 0.1) is 0 Å². The number of carboxylic acids is 1. The zero-order valence-electron chi connectivity index (χ0n) is 13.4. The van der Waals surface area contributed by atoms with Gasteiger partial charge in [0.15, 0.2) is 0 Å². The Labute approximate surface area is 131 Å². The standard InChI is InChI=1S/C12H20O4.C4H6O2/c1-3-5-9-15-11(13)7-8-12(14)16-10-6-4-2;1-2-3-4(5)6/h7-8H,3-6,9-10H2,1-2H3;2H,1,3H2,(H,5,6). The van der Waals surface area contributed by atoms with Crippen molar-refractivity contribution in [2.75, 3.05) is 13.2 Å². The van der Waals surface area contributed by atoms with Crippen molar-refractivity contribution in [1.82, 2.24) is 0 Å². The highest BCUT2D eigenvalue weighted by atomic mass is 16.5. The van der Waals surface area contributed by atoms with Crippen LogP contribution in [0.15, 0.2) is 24.8 Å². The summed E-state index contributed by atoms with van der Waals surface area (Å²) in [4.78, 5) is 31.6. The minimum absolute atomic E-state index is 0.0556. The van der Waals surface area contributed by atoms with Crippen LogP contribution in [0.1, 0.15) is 46.0 Å². The lowest BCUT2D eigenvalue weighted by molar-refractivity contribution is -0.140. The molecule has 0 bridgehead atoms. The monoisotopic (exact) mass is 314 g/mol. The summed E-state index contributed by atoms with van der Waals surface area (Å²) >= 11 is 0. The molecule has 0 atom stereocenters. The summed E-state index contributed by atoms with van der Waals surface area (Å²) in [5.41, 5.74) is 0. The van der Waals surface area contributed by atoms with Crippen LogP contribution in [0.4, 0.5) is 0 Å². The molecule has 6 nitrogen and oxygen atoms in total. The van der Waals surface area contributed by atoms with Crippen molar-refractivity contribution < 1.29 is 29.0 Å². The molecule has 126 valence electrons. The van der Waals surface area contributed by atoms with Gasteiger partial charge in [-0.1, -0.05) is 32.8 Å². The van der Waals surface area contributed by atoms with E-state index in [2.05, 4.69) is 6.58 Å². The van der Waals surface area contributed by atoms with E-state index in [1.54, 1.807) is 0 Å². The zero-order valence-corrected chi connectivity index (χ0v) is 13.4. The van der Waals surface area contributed by atoms with Crippen molar-refractivity contribution in [2.24, 2.45) is 0 Å². The molecule has 0 aromatic rings. The van der Waals surface area contributed by atoms with Crippen molar-refractivity contribution in [2.45, 2.75) is 46.0 Å². The van der Waals surface area contributed by atoms with Gasteiger partial charge in [0.1, 0.15) is 0 Å². The third-order valence-corrected chi connectivity index (χ3v) is 2.16. The molecule has 0 heterocycles. The molecular weight excluding hydrogens is 288 g/mol. The molecule has 0 unspecified atom stereocenters. The van der Waals surface area contributed by atoms with Gasteiger partial charge in [-0.25, -0.2) is 9.59 Å². The topological polar surface area (TPSA) is 89.9 Å². The summed E-state index contributed by atoms with van der Waals surface area (Å²) < 4.78 is 9.65. The summed E-state index contributed by atoms with van der Waals surface area (Å²) in [6.07, 6.45) is 7.21. The number of carbonyl (C=O) groups excluding carboxylic acids is 2. The average molecular weight is 314 g/mol. The molecule has 0 aliphatic heterocycles. The highest BCUT2D eigenvalue weighted by Gasteiger charge is 2.00. The van der Waals surface area contributed by atoms with E-state index in [0.29, 0.717) is 13.2 Å². The fourth-order valence-electron chi connectivity index (χ4n) is 0.990. The molecule has 0 saturated carbocycles. The number of hydrogen-bond donors (Lipinski definition) is 1. The highest BCUT2D eigenvalue weighted by Crippen LogP contribution is 1.92. The Morgan fingerprint density at radius 1 is 0.955 bits per heavy atom. The largest absolute Gasteiger partial charge is 0.481 e. The molecule has 0 radical (unpaired) electrons. The number of carbonyl (C=O) groups is 3. The minimum Gasteiger partial charge on any atom is -0.481 e. The van der Waals surface area contributed by atoms with Crippen molar-refractivity contribution in [3.8, 4) is 0 Å². The number of hydrogen-bond acceptors (Lipinski definition) is 5. The Morgan fingerprint density at radius 2 is 1.36 bits per heavy atom. The molecule has 0 rings (SSSR count). The molecule has 6 heteroatoms. The van der Waals surface area contributed by atoms with Crippen LogP contribution in [0.5, 0.6) is 0 Å². The zero-order chi connectivity index (χ0) is 17.2. The first-order valence-corrected chi connectivity index (χ1v) is 7.32. The van der Waals surface area contributed by atoms with Crippen LogP contribution in [0.25, 0.3) is 0 Å². The van der Waals surface area contributed by atoms with Crippen LogP contribution in [0.3, 0.4) is 0 Å². The van der Waals surface area contributed by atoms with E-state index in [4.69, 9.17) is 14.6 Å². The van der Waals surface area contributed by atoms with Gasteiger partial charge < -0.3 is 14.6 Å². The van der Waals surface area contributed by atoms with Crippen molar-refractivity contribution in [1.29, 1.82) is 0 Å². The second-order valence-electron chi connectivity index (χ2n) is 4.26. The number of ether oxygens (including phenoxy) is 2. The van der Waals surface area contributed by atoms with E-state index in [9.17, 15) is 14.4 Å². The molecule has 0 aliphatic carbocycles. The first-order chi connectivity index (χ1) is 10.5. The second-order valence-corrected chi connectivity index (χ2v) is 4.26. The molecule has 0 amide bonds. The first-order valence-electron chi connectivity index (χ1n) is 7.32. The third-order valence-electron chi connectivity index (χ3n) is 2.16. The molecule has 22 heavy (non-hydrogen) atoms. The Hall–Kier alpha value is -2.11. The number of esters is 2. The van der Waals surface area contributed by atoms with Crippen LogP contribution in [0.2, 0.25) is 0 Å². The van der Waals surface area contributed by atoms with Gasteiger partial charge in [0.2, 0.25) is 0 Å². The van der Waals surface area contributed by atoms with Crippen LogP contribution < -0.4 is 0 Å². The number of rotatable bonds is 10. The molecular formula is C16H26O6. The van der Waals surface area contributed by atoms with E-state index < -0.39 is 17.9 Å².